The van der Waals surface area contributed by atoms with Crippen LogP contribution in [0.3, 0.4) is 0 Å². The van der Waals surface area contributed by atoms with E-state index in [1.165, 1.54) is 0 Å². The van der Waals surface area contributed by atoms with Crippen molar-refractivity contribution < 1.29 is 8.78 Å². The van der Waals surface area contributed by atoms with E-state index < -0.39 is 11.6 Å². The zero-order valence-corrected chi connectivity index (χ0v) is 9.05. The summed E-state index contributed by atoms with van der Waals surface area (Å²) in [5, 5.41) is 0.223. The number of aryl methyl sites for hydroxylation is 2. The van der Waals surface area contributed by atoms with Crippen molar-refractivity contribution >= 4 is 10.9 Å². The van der Waals surface area contributed by atoms with Gasteiger partial charge in [0, 0.05) is 29.8 Å². The number of hydrogen-bond acceptors (Lipinski definition) is 1. The number of aromatic nitrogens is 1. The molecule has 0 radical (unpaired) electrons. The summed E-state index contributed by atoms with van der Waals surface area (Å²) in [7, 11) is 0. The average molecular weight is 223 g/mol. The van der Waals surface area contributed by atoms with Crippen LogP contribution in [0.4, 0.5) is 8.78 Å². The van der Waals surface area contributed by atoms with E-state index in [0.29, 0.717) is 17.6 Å². The van der Waals surface area contributed by atoms with E-state index >= 15 is 0 Å². The first-order valence-electron chi connectivity index (χ1n) is 5.03. The Hall–Kier alpha value is -1.71. The molecule has 0 saturated heterocycles. The zero-order valence-electron chi connectivity index (χ0n) is 9.05. The van der Waals surface area contributed by atoms with Gasteiger partial charge in [-0.05, 0) is 19.9 Å². The molecule has 1 aromatic carbocycles. The summed E-state index contributed by atoms with van der Waals surface area (Å²) in [6.45, 7) is 4.14. The van der Waals surface area contributed by atoms with Gasteiger partial charge in [0.2, 0.25) is 0 Å². The quantitative estimate of drug-likeness (QED) is 0.728. The summed E-state index contributed by atoms with van der Waals surface area (Å²) in [5.41, 5.74) is 0.705. The number of halogens is 2. The Kier molecular flexibility index (Phi) is 2.50. The highest BCUT2D eigenvalue weighted by Crippen LogP contribution is 2.16. The molecule has 0 spiro atoms. The summed E-state index contributed by atoms with van der Waals surface area (Å²) >= 11 is 0. The Morgan fingerprint density at radius 2 is 1.88 bits per heavy atom. The molecule has 0 bridgehead atoms. The number of nitrogens with zero attached hydrogens (tertiary/aromatic N) is 1. The van der Waals surface area contributed by atoms with Gasteiger partial charge in [-0.3, -0.25) is 4.79 Å². The number of fused-ring (bicyclic) bond motifs is 1. The van der Waals surface area contributed by atoms with Crippen LogP contribution < -0.4 is 5.43 Å². The molecule has 2 aromatic rings. The van der Waals surface area contributed by atoms with Crippen LogP contribution in [-0.4, -0.2) is 4.57 Å². The molecule has 84 valence electrons. The molecule has 1 aromatic heterocycles. The lowest BCUT2D eigenvalue weighted by atomic mass is 10.1. The Balaban J connectivity index is 2.99. The summed E-state index contributed by atoms with van der Waals surface area (Å²) in [4.78, 5) is 11.8. The van der Waals surface area contributed by atoms with E-state index in [1.54, 1.807) is 17.7 Å². The fourth-order valence-electron chi connectivity index (χ4n) is 1.79. The standard InChI is InChI=1S/C12H11F2NO/c1-3-15-6-7(2)12(16)8-4-9(13)10(14)5-11(8)15/h4-6H,3H2,1-2H3. The lowest BCUT2D eigenvalue weighted by molar-refractivity contribution is 0.510. The van der Waals surface area contributed by atoms with E-state index in [0.717, 1.165) is 12.1 Å². The largest absolute Gasteiger partial charge is 0.347 e. The van der Waals surface area contributed by atoms with Crippen LogP contribution in [0, 0.1) is 18.6 Å². The smallest absolute Gasteiger partial charge is 0.192 e. The second-order valence-corrected chi connectivity index (χ2v) is 3.71. The van der Waals surface area contributed by atoms with Crippen LogP contribution in [0.25, 0.3) is 10.9 Å². The van der Waals surface area contributed by atoms with Crippen molar-refractivity contribution in [2.75, 3.05) is 0 Å². The lowest BCUT2D eigenvalue weighted by Crippen LogP contribution is -2.12. The highest BCUT2D eigenvalue weighted by molar-refractivity contribution is 5.79. The van der Waals surface area contributed by atoms with E-state index in [2.05, 4.69) is 0 Å². The van der Waals surface area contributed by atoms with Crippen LogP contribution in [0.5, 0.6) is 0 Å². The van der Waals surface area contributed by atoms with E-state index in [-0.39, 0.29) is 10.8 Å². The maximum absolute atomic E-state index is 13.1. The molecule has 0 aliphatic rings. The minimum Gasteiger partial charge on any atom is -0.347 e. The Morgan fingerprint density at radius 1 is 1.25 bits per heavy atom. The molecule has 0 saturated carbocycles. The third kappa shape index (κ3) is 1.50. The van der Waals surface area contributed by atoms with Crippen molar-refractivity contribution in [2.45, 2.75) is 20.4 Å². The molecular formula is C12H11F2NO. The second kappa shape index (κ2) is 3.70. The van der Waals surface area contributed by atoms with Crippen molar-refractivity contribution in [3.63, 3.8) is 0 Å². The first kappa shape index (κ1) is 10.8. The Morgan fingerprint density at radius 3 is 2.50 bits per heavy atom. The predicted molar refractivity (Wildman–Crippen MR) is 58.5 cm³/mol. The van der Waals surface area contributed by atoms with Crippen molar-refractivity contribution in [2.24, 2.45) is 0 Å². The molecule has 1 heterocycles. The number of benzene rings is 1. The van der Waals surface area contributed by atoms with Gasteiger partial charge in [0.25, 0.3) is 0 Å². The van der Waals surface area contributed by atoms with Crippen molar-refractivity contribution in [1.82, 2.24) is 4.57 Å². The van der Waals surface area contributed by atoms with Gasteiger partial charge < -0.3 is 4.57 Å². The fraction of sp³-hybridized carbons (Fsp3) is 0.250. The van der Waals surface area contributed by atoms with Gasteiger partial charge in [-0.1, -0.05) is 0 Å². The van der Waals surface area contributed by atoms with Gasteiger partial charge in [-0.25, -0.2) is 8.78 Å². The average Bonchev–Trinajstić information content (AvgIpc) is 2.26. The van der Waals surface area contributed by atoms with Gasteiger partial charge in [0.1, 0.15) is 0 Å². The molecule has 0 amide bonds. The Labute approximate surface area is 91.1 Å². The lowest BCUT2D eigenvalue weighted by Gasteiger charge is -2.10. The summed E-state index contributed by atoms with van der Waals surface area (Å²) in [6.07, 6.45) is 1.65. The van der Waals surface area contributed by atoms with Gasteiger partial charge in [-0.2, -0.15) is 0 Å². The molecule has 0 aliphatic carbocycles. The van der Waals surface area contributed by atoms with E-state index in [9.17, 15) is 13.6 Å². The third-order valence-corrected chi connectivity index (χ3v) is 2.64. The second-order valence-electron chi connectivity index (χ2n) is 3.71. The van der Waals surface area contributed by atoms with Crippen molar-refractivity contribution in [3.05, 3.63) is 45.8 Å². The predicted octanol–water partition coefficient (Wildman–Crippen LogP) is 2.61. The molecule has 2 rings (SSSR count). The van der Waals surface area contributed by atoms with Crippen LogP contribution in [-0.2, 0) is 6.54 Å². The summed E-state index contributed by atoms with van der Waals surface area (Å²) in [5.74, 6) is -1.92. The monoisotopic (exact) mass is 223 g/mol. The normalized spacial score (nSPS) is 11.0. The molecule has 0 N–H and O–H groups in total. The SMILES string of the molecule is CCn1cc(C)c(=O)c2cc(F)c(F)cc21. The van der Waals surface area contributed by atoms with Crippen LogP contribution in [0.2, 0.25) is 0 Å². The maximum atomic E-state index is 13.1. The van der Waals surface area contributed by atoms with Gasteiger partial charge >= 0.3 is 0 Å². The van der Waals surface area contributed by atoms with Gasteiger partial charge in [0.15, 0.2) is 17.1 Å². The Bertz CT molecular complexity index is 616. The highest BCUT2D eigenvalue weighted by Gasteiger charge is 2.10. The molecule has 4 heteroatoms. The van der Waals surface area contributed by atoms with Crippen LogP contribution >= 0.6 is 0 Å². The number of hydrogen-bond donors (Lipinski definition) is 0. The molecule has 0 atom stereocenters. The maximum Gasteiger partial charge on any atom is 0.192 e. The van der Waals surface area contributed by atoms with Gasteiger partial charge in [0.05, 0.1) is 5.52 Å². The molecule has 2 nitrogen and oxygen atoms in total. The molecular weight excluding hydrogens is 212 g/mol. The molecule has 16 heavy (non-hydrogen) atoms. The van der Waals surface area contributed by atoms with E-state index in [1.807, 2.05) is 6.92 Å². The van der Waals surface area contributed by atoms with Crippen LogP contribution in [0.15, 0.2) is 23.1 Å². The minimum absolute atomic E-state index is 0.223. The topological polar surface area (TPSA) is 22.0 Å². The van der Waals surface area contributed by atoms with E-state index in [4.69, 9.17) is 0 Å². The van der Waals surface area contributed by atoms with Crippen molar-refractivity contribution in [1.29, 1.82) is 0 Å². The third-order valence-electron chi connectivity index (χ3n) is 2.64. The summed E-state index contributed by atoms with van der Waals surface area (Å²) < 4.78 is 27.9. The summed E-state index contributed by atoms with van der Waals surface area (Å²) in [6, 6.07) is 2.03. The number of pyridine rings is 1. The number of rotatable bonds is 1. The minimum atomic E-state index is -0.988. The fourth-order valence-corrected chi connectivity index (χ4v) is 1.79. The molecule has 0 fully saturated rings. The molecule has 0 unspecified atom stereocenters. The zero-order chi connectivity index (χ0) is 11.9. The first-order chi connectivity index (χ1) is 7.54. The van der Waals surface area contributed by atoms with Crippen LogP contribution in [0.1, 0.15) is 12.5 Å². The first-order valence-corrected chi connectivity index (χ1v) is 5.03. The van der Waals surface area contributed by atoms with Crippen molar-refractivity contribution in [3.8, 4) is 0 Å². The highest BCUT2D eigenvalue weighted by atomic mass is 19.2. The van der Waals surface area contributed by atoms with Gasteiger partial charge in [-0.15, -0.1) is 0 Å². The molecule has 0 aliphatic heterocycles.